The fourth-order valence-electron chi connectivity index (χ4n) is 3.40. The lowest BCUT2D eigenvalue weighted by Crippen LogP contribution is -2.30. The average molecular weight is 421 g/mol. The SMILES string of the molecule is O=C(Nc1ccc(F)cc1)c1ccc([C@@H]2SCC(=O)N2CCc2ccccc2)cc1. The predicted molar refractivity (Wildman–Crippen MR) is 118 cm³/mol. The number of rotatable bonds is 6. The van der Waals surface area contributed by atoms with Crippen LogP contribution in [0.15, 0.2) is 78.9 Å². The molecule has 1 aliphatic rings. The van der Waals surface area contributed by atoms with E-state index in [1.807, 2.05) is 35.2 Å². The molecule has 1 N–H and O–H groups in total. The number of benzene rings is 3. The van der Waals surface area contributed by atoms with Crippen molar-refractivity contribution in [1.82, 2.24) is 4.90 Å². The Balaban J connectivity index is 1.42. The lowest BCUT2D eigenvalue weighted by atomic mass is 10.1. The van der Waals surface area contributed by atoms with Crippen LogP contribution in [-0.2, 0) is 11.2 Å². The molecule has 4 rings (SSSR count). The fraction of sp³-hybridized carbons (Fsp3) is 0.167. The summed E-state index contributed by atoms with van der Waals surface area (Å²) in [7, 11) is 0. The zero-order chi connectivity index (χ0) is 20.9. The van der Waals surface area contributed by atoms with Gasteiger partial charge in [-0.05, 0) is 53.9 Å². The van der Waals surface area contributed by atoms with Crippen molar-refractivity contribution in [3.8, 4) is 0 Å². The molecular formula is C24H21FN2O2S. The minimum absolute atomic E-state index is 0.0459. The Morgan fingerprint density at radius 2 is 1.70 bits per heavy atom. The van der Waals surface area contributed by atoms with Gasteiger partial charge in [-0.1, -0.05) is 42.5 Å². The van der Waals surface area contributed by atoms with E-state index in [0.717, 1.165) is 12.0 Å². The van der Waals surface area contributed by atoms with Crippen molar-refractivity contribution in [2.75, 3.05) is 17.6 Å². The molecule has 1 atom stereocenters. The molecule has 3 aromatic rings. The van der Waals surface area contributed by atoms with Gasteiger partial charge in [0.15, 0.2) is 0 Å². The zero-order valence-corrected chi connectivity index (χ0v) is 17.1. The van der Waals surface area contributed by atoms with Crippen molar-refractivity contribution in [1.29, 1.82) is 0 Å². The summed E-state index contributed by atoms with van der Waals surface area (Å²) in [5.74, 6) is -0.00667. The molecule has 1 heterocycles. The van der Waals surface area contributed by atoms with Gasteiger partial charge in [0.1, 0.15) is 11.2 Å². The maximum atomic E-state index is 13.0. The van der Waals surface area contributed by atoms with Crippen molar-refractivity contribution in [2.24, 2.45) is 0 Å². The summed E-state index contributed by atoms with van der Waals surface area (Å²) < 4.78 is 13.0. The van der Waals surface area contributed by atoms with Gasteiger partial charge in [-0.2, -0.15) is 0 Å². The molecule has 2 amide bonds. The Bertz CT molecular complexity index is 1020. The van der Waals surface area contributed by atoms with Gasteiger partial charge in [0.25, 0.3) is 5.91 Å². The Hall–Kier alpha value is -3.12. The molecule has 0 aliphatic carbocycles. The molecule has 0 bridgehead atoms. The number of anilines is 1. The van der Waals surface area contributed by atoms with Crippen LogP contribution in [0.4, 0.5) is 10.1 Å². The van der Waals surface area contributed by atoms with E-state index in [9.17, 15) is 14.0 Å². The van der Waals surface area contributed by atoms with Crippen LogP contribution in [0.1, 0.15) is 26.9 Å². The Labute approximate surface area is 179 Å². The van der Waals surface area contributed by atoms with Gasteiger partial charge in [-0.3, -0.25) is 9.59 Å². The van der Waals surface area contributed by atoms with Gasteiger partial charge in [0, 0.05) is 17.8 Å². The first kappa shape index (κ1) is 20.2. The number of halogens is 1. The second-order valence-corrected chi connectivity index (χ2v) is 8.14. The molecule has 4 nitrogen and oxygen atoms in total. The van der Waals surface area contributed by atoms with Crippen LogP contribution in [0.25, 0.3) is 0 Å². The van der Waals surface area contributed by atoms with Crippen LogP contribution < -0.4 is 5.32 Å². The highest BCUT2D eigenvalue weighted by Crippen LogP contribution is 2.38. The molecule has 1 saturated heterocycles. The van der Waals surface area contributed by atoms with Gasteiger partial charge in [-0.15, -0.1) is 11.8 Å². The third-order valence-corrected chi connectivity index (χ3v) is 6.27. The average Bonchev–Trinajstić information content (AvgIpc) is 3.15. The number of nitrogens with one attached hydrogen (secondary N) is 1. The normalized spacial score (nSPS) is 16.0. The molecule has 0 aromatic heterocycles. The van der Waals surface area contributed by atoms with E-state index in [1.54, 1.807) is 23.9 Å². The number of nitrogens with zero attached hydrogens (tertiary/aromatic N) is 1. The van der Waals surface area contributed by atoms with Gasteiger partial charge in [0.2, 0.25) is 5.91 Å². The number of amides is 2. The second kappa shape index (κ2) is 9.13. The fourth-order valence-corrected chi connectivity index (χ4v) is 4.62. The first-order valence-electron chi connectivity index (χ1n) is 9.72. The number of hydrogen-bond donors (Lipinski definition) is 1. The summed E-state index contributed by atoms with van der Waals surface area (Å²) in [4.78, 5) is 26.7. The molecule has 0 unspecified atom stereocenters. The van der Waals surface area contributed by atoms with E-state index in [1.165, 1.54) is 29.8 Å². The van der Waals surface area contributed by atoms with E-state index in [2.05, 4.69) is 17.4 Å². The highest BCUT2D eigenvalue weighted by atomic mass is 32.2. The quantitative estimate of drug-likeness (QED) is 0.617. The molecule has 30 heavy (non-hydrogen) atoms. The maximum Gasteiger partial charge on any atom is 0.255 e. The molecule has 0 saturated carbocycles. The van der Waals surface area contributed by atoms with E-state index < -0.39 is 0 Å². The molecular weight excluding hydrogens is 399 g/mol. The van der Waals surface area contributed by atoms with Gasteiger partial charge in [-0.25, -0.2) is 4.39 Å². The standard InChI is InChI=1S/C24H21FN2O2S/c25-20-10-12-21(13-11-20)26-23(29)18-6-8-19(9-7-18)24-27(22(28)16-30-24)15-14-17-4-2-1-3-5-17/h1-13,24H,14-16H2,(H,26,29)/t24-/m0/s1. The Kier molecular flexibility index (Phi) is 6.14. The third kappa shape index (κ3) is 4.71. The van der Waals surface area contributed by atoms with Crippen LogP contribution in [0.2, 0.25) is 0 Å². The summed E-state index contributed by atoms with van der Waals surface area (Å²) in [5.41, 5.74) is 3.24. The molecule has 3 aromatic carbocycles. The number of carbonyl (C=O) groups excluding carboxylic acids is 2. The number of hydrogen-bond acceptors (Lipinski definition) is 3. The minimum Gasteiger partial charge on any atom is -0.326 e. The highest BCUT2D eigenvalue weighted by Gasteiger charge is 2.32. The Morgan fingerprint density at radius 1 is 1.00 bits per heavy atom. The molecule has 6 heteroatoms. The van der Waals surface area contributed by atoms with E-state index >= 15 is 0 Å². The van der Waals surface area contributed by atoms with Gasteiger partial charge in [0.05, 0.1) is 5.75 Å². The molecule has 0 radical (unpaired) electrons. The summed E-state index contributed by atoms with van der Waals surface area (Å²) >= 11 is 1.61. The van der Waals surface area contributed by atoms with Gasteiger partial charge >= 0.3 is 0 Å². The van der Waals surface area contributed by atoms with Gasteiger partial charge < -0.3 is 10.2 Å². The number of thioether (sulfide) groups is 1. The van der Waals surface area contributed by atoms with Crippen molar-refractivity contribution in [3.05, 3.63) is 101 Å². The molecule has 1 aliphatic heterocycles. The predicted octanol–water partition coefficient (Wildman–Crippen LogP) is 4.89. The highest BCUT2D eigenvalue weighted by molar-refractivity contribution is 8.00. The lowest BCUT2D eigenvalue weighted by Gasteiger charge is -2.24. The van der Waals surface area contributed by atoms with Crippen LogP contribution in [-0.4, -0.2) is 29.0 Å². The van der Waals surface area contributed by atoms with Crippen molar-refractivity contribution < 1.29 is 14.0 Å². The van der Waals surface area contributed by atoms with Crippen LogP contribution >= 0.6 is 11.8 Å². The van der Waals surface area contributed by atoms with Crippen molar-refractivity contribution in [3.63, 3.8) is 0 Å². The lowest BCUT2D eigenvalue weighted by molar-refractivity contribution is -0.128. The largest absolute Gasteiger partial charge is 0.326 e. The van der Waals surface area contributed by atoms with E-state index in [-0.39, 0.29) is 23.0 Å². The molecule has 1 fully saturated rings. The van der Waals surface area contributed by atoms with Crippen LogP contribution in [0, 0.1) is 5.82 Å². The first-order chi connectivity index (χ1) is 14.6. The summed E-state index contributed by atoms with van der Waals surface area (Å²) in [6.07, 6.45) is 0.807. The van der Waals surface area contributed by atoms with Crippen LogP contribution in [0.5, 0.6) is 0 Å². The summed E-state index contributed by atoms with van der Waals surface area (Å²) in [6.45, 7) is 0.660. The summed E-state index contributed by atoms with van der Waals surface area (Å²) in [6, 6.07) is 23.1. The molecule has 152 valence electrons. The molecule has 0 spiro atoms. The zero-order valence-electron chi connectivity index (χ0n) is 16.3. The van der Waals surface area contributed by atoms with Crippen LogP contribution in [0.3, 0.4) is 0 Å². The maximum absolute atomic E-state index is 13.0. The third-order valence-electron chi connectivity index (χ3n) is 5.01. The second-order valence-electron chi connectivity index (χ2n) is 7.07. The first-order valence-corrected chi connectivity index (χ1v) is 10.8. The Morgan fingerprint density at radius 3 is 2.40 bits per heavy atom. The monoisotopic (exact) mass is 420 g/mol. The van der Waals surface area contributed by atoms with Crippen molar-refractivity contribution >= 4 is 29.3 Å². The van der Waals surface area contributed by atoms with E-state index in [0.29, 0.717) is 23.5 Å². The minimum atomic E-state index is -0.349. The topological polar surface area (TPSA) is 49.4 Å². The van der Waals surface area contributed by atoms with Crippen molar-refractivity contribution in [2.45, 2.75) is 11.8 Å². The smallest absolute Gasteiger partial charge is 0.255 e. The number of carbonyl (C=O) groups is 2. The van der Waals surface area contributed by atoms with E-state index in [4.69, 9.17) is 0 Å². The summed E-state index contributed by atoms with van der Waals surface area (Å²) in [5, 5.41) is 2.71.